The molecule has 2 aromatic heterocycles. The van der Waals surface area contributed by atoms with E-state index in [1.807, 2.05) is 6.92 Å². The largest absolute Gasteiger partial charge is 0.397 e. The molecule has 6 nitrogen and oxygen atoms in total. The van der Waals surface area contributed by atoms with E-state index in [1.165, 1.54) is 12.4 Å². The van der Waals surface area contributed by atoms with Gasteiger partial charge in [0.1, 0.15) is 17.1 Å². The number of nitrogen functional groups attached to an aromatic ring is 1. The van der Waals surface area contributed by atoms with Crippen molar-refractivity contribution >= 4 is 17.4 Å². The number of nitrogens with two attached hydrogens (primary N) is 1. The molecule has 0 radical (unpaired) electrons. The first-order valence-corrected chi connectivity index (χ1v) is 5.02. The highest BCUT2D eigenvalue weighted by atomic mass is 16.5. The van der Waals surface area contributed by atoms with E-state index in [2.05, 4.69) is 15.5 Å². The maximum atomic E-state index is 11.8. The molecule has 0 saturated heterocycles. The highest BCUT2D eigenvalue weighted by molar-refractivity contribution is 6.04. The molecule has 3 N–H and O–H groups in total. The Kier molecular flexibility index (Phi) is 2.78. The summed E-state index contributed by atoms with van der Waals surface area (Å²) in [5.41, 5.74) is 7.47. The predicted octanol–water partition coefficient (Wildman–Crippen LogP) is 1.52. The van der Waals surface area contributed by atoms with Crippen LogP contribution in [0, 0.1) is 13.8 Å². The summed E-state index contributed by atoms with van der Waals surface area (Å²) in [5, 5.41) is 6.19. The van der Waals surface area contributed by atoms with Crippen LogP contribution in [-0.2, 0) is 0 Å². The lowest BCUT2D eigenvalue weighted by Crippen LogP contribution is -2.13. The molecule has 0 aliphatic rings. The molecule has 2 heterocycles. The first-order chi connectivity index (χ1) is 8.08. The van der Waals surface area contributed by atoms with Crippen LogP contribution in [-0.4, -0.2) is 16.0 Å². The van der Waals surface area contributed by atoms with Crippen molar-refractivity contribution in [3.63, 3.8) is 0 Å². The van der Waals surface area contributed by atoms with Crippen LogP contribution >= 0.6 is 0 Å². The van der Waals surface area contributed by atoms with Crippen LogP contribution in [0.2, 0.25) is 0 Å². The molecule has 0 atom stereocenters. The number of carbonyl (C=O) groups is 1. The summed E-state index contributed by atoms with van der Waals surface area (Å²) >= 11 is 0. The van der Waals surface area contributed by atoms with Gasteiger partial charge in [0.15, 0.2) is 0 Å². The monoisotopic (exact) mass is 232 g/mol. The van der Waals surface area contributed by atoms with Crippen molar-refractivity contribution in [2.45, 2.75) is 13.8 Å². The van der Waals surface area contributed by atoms with Gasteiger partial charge in [-0.3, -0.25) is 4.79 Å². The Balaban J connectivity index is 2.19. The fourth-order valence-corrected chi connectivity index (χ4v) is 1.34. The average molecular weight is 232 g/mol. The van der Waals surface area contributed by atoms with Crippen LogP contribution in [0.1, 0.15) is 21.7 Å². The number of pyridine rings is 1. The Morgan fingerprint density at radius 1 is 1.41 bits per heavy atom. The van der Waals surface area contributed by atoms with E-state index in [4.69, 9.17) is 10.3 Å². The Morgan fingerprint density at radius 2 is 2.18 bits per heavy atom. The minimum atomic E-state index is -0.305. The van der Waals surface area contributed by atoms with Crippen LogP contribution in [0.3, 0.4) is 0 Å². The first kappa shape index (κ1) is 11.1. The SMILES string of the molecule is Cc1cc(NC(=O)c2cnoc2C)ncc1N. The van der Waals surface area contributed by atoms with Gasteiger partial charge in [-0.2, -0.15) is 0 Å². The third kappa shape index (κ3) is 2.25. The maximum Gasteiger partial charge on any atom is 0.262 e. The summed E-state index contributed by atoms with van der Waals surface area (Å²) in [6.07, 6.45) is 2.88. The van der Waals surface area contributed by atoms with Crippen molar-refractivity contribution in [1.82, 2.24) is 10.1 Å². The van der Waals surface area contributed by atoms with E-state index in [0.29, 0.717) is 22.8 Å². The topological polar surface area (TPSA) is 94.0 Å². The second-order valence-electron chi connectivity index (χ2n) is 3.68. The Bertz CT molecular complexity index is 562. The van der Waals surface area contributed by atoms with Gasteiger partial charge >= 0.3 is 0 Å². The molecule has 0 aliphatic carbocycles. The Morgan fingerprint density at radius 3 is 2.76 bits per heavy atom. The number of hydrogen-bond donors (Lipinski definition) is 2. The molecule has 2 rings (SSSR count). The number of anilines is 2. The van der Waals surface area contributed by atoms with Crippen molar-refractivity contribution in [3.8, 4) is 0 Å². The number of aryl methyl sites for hydroxylation is 2. The number of hydrogen-bond acceptors (Lipinski definition) is 5. The Labute approximate surface area is 97.8 Å². The number of nitrogens with zero attached hydrogens (tertiary/aromatic N) is 2. The molecule has 0 aliphatic heterocycles. The number of amides is 1. The molecule has 0 fully saturated rings. The zero-order valence-electron chi connectivity index (χ0n) is 9.52. The highest BCUT2D eigenvalue weighted by Crippen LogP contribution is 2.14. The third-order valence-corrected chi connectivity index (χ3v) is 2.39. The van der Waals surface area contributed by atoms with Crippen molar-refractivity contribution < 1.29 is 9.32 Å². The highest BCUT2D eigenvalue weighted by Gasteiger charge is 2.13. The van der Waals surface area contributed by atoms with E-state index in [-0.39, 0.29) is 5.91 Å². The number of nitrogens with one attached hydrogen (secondary N) is 1. The number of aromatic nitrogens is 2. The summed E-state index contributed by atoms with van der Waals surface area (Å²) in [7, 11) is 0. The smallest absolute Gasteiger partial charge is 0.262 e. The fourth-order valence-electron chi connectivity index (χ4n) is 1.34. The van der Waals surface area contributed by atoms with Crippen molar-refractivity contribution in [2.24, 2.45) is 0 Å². The van der Waals surface area contributed by atoms with Crippen LogP contribution in [0.15, 0.2) is 23.0 Å². The lowest BCUT2D eigenvalue weighted by molar-refractivity contribution is 0.102. The normalized spacial score (nSPS) is 10.2. The lowest BCUT2D eigenvalue weighted by Gasteiger charge is -2.05. The van der Waals surface area contributed by atoms with Gasteiger partial charge in [0.05, 0.1) is 18.1 Å². The van der Waals surface area contributed by atoms with Gasteiger partial charge in [-0.05, 0) is 25.5 Å². The number of carbonyl (C=O) groups excluding carboxylic acids is 1. The third-order valence-electron chi connectivity index (χ3n) is 2.39. The van der Waals surface area contributed by atoms with E-state index in [9.17, 15) is 4.79 Å². The van der Waals surface area contributed by atoms with Gasteiger partial charge < -0.3 is 15.6 Å². The van der Waals surface area contributed by atoms with Gasteiger partial charge in [-0.15, -0.1) is 0 Å². The standard InChI is InChI=1S/C11H12N4O2/c1-6-3-10(13-5-9(6)12)15-11(16)8-4-14-17-7(8)2/h3-5H,12H2,1-2H3,(H,13,15,16). The molecule has 0 bridgehead atoms. The number of rotatable bonds is 2. The molecule has 1 amide bonds. The molecule has 6 heteroatoms. The summed E-state index contributed by atoms with van der Waals surface area (Å²) in [5.74, 6) is 0.609. The molecule has 2 aromatic rings. The molecular formula is C11H12N4O2. The van der Waals surface area contributed by atoms with Crippen LogP contribution in [0.4, 0.5) is 11.5 Å². The fraction of sp³-hybridized carbons (Fsp3) is 0.182. The van der Waals surface area contributed by atoms with Gasteiger partial charge in [0.2, 0.25) is 0 Å². The lowest BCUT2D eigenvalue weighted by atomic mass is 10.2. The molecule has 0 saturated carbocycles. The van der Waals surface area contributed by atoms with Gasteiger partial charge in [0.25, 0.3) is 5.91 Å². The quantitative estimate of drug-likeness (QED) is 0.818. The maximum absolute atomic E-state index is 11.8. The second kappa shape index (κ2) is 4.25. The molecule has 0 unspecified atom stereocenters. The minimum absolute atomic E-state index is 0.305. The Hall–Kier alpha value is -2.37. The van der Waals surface area contributed by atoms with Crippen molar-refractivity contribution in [1.29, 1.82) is 0 Å². The molecular weight excluding hydrogens is 220 g/mol. The van der Waals surface area contributed by atoms with E-state index in [1.54, 1.807) is 13.0 Å². The summed E-state index contributed by atoms with van der Waals surface area (Å²) in [6, 6.07) is 1.70. The van der Waals surface area contributed by atoms with Crippen LogP contribution in [0.25, 0.3) is 0 Å². The van der Waals surface area contributed by atoms with E-state index in [0.717, 1.165) is 5.56 Å². The summed E-state index contributed by atoms with van der Waals surface area (Å²) in [6.45, 7) is 3.51. The van der Waals surface area contributed by atoms with Crippen molar-refractivity contribution in [3.05, 3.63) is 35.3 Å². The molecule has 88 valence electrons. The summed E-state index contributed by atoms with van der Waals surface area (Å²) in [4.78, 5) is 15.8. The molecule has 17 heavy (non-hydrogen) atoms. The van der Waals surface area contributed by atoms with Gasteiger partial charge in [-0.1, -0.05) is 5.16 Å². The zero-order valence-corrected chi connectivity index (χ0v) is 9.52. The van der Waals surface area contributed by atoms with Crippen LogP contribution in [0.5, 0.6) is 0 Å². The van der Waals surface area contributed by atoms with Crippen molar-refractivity contribution in [2.75, 3.05) is 11.1 Å². The van der Waals surface area contributed by atoms with Gasteiger partial charge in [0, 0.05) is 0 Å². The first-order valence-electron chi connectivity index (χ1n) is 5.02. The average Bonchev–Trinajstić information content (AvgIpc) is 2.70. The molecule has 0 aromatic carbocycles. The molecule has 0 spiro atoms. The summed E-state index contributed by atoms with van der Waals surface area (Å²) < 4.78 is 4.81. The zero-order chi connectivity index (χ0) is 12.4. The second-order valence-corrected chi connectivity index (χ2v) is 3.68. The van der Waals surface area contributed by atoms with Crippen LogP contribution < -0.4 is 11.1 Å². The van der Waals surface area contributed by atoms with Gasteiger partial charge in [-0.25, -0.2) is 4.98 Å². The predicted molar refractivity (Wildman–Crippen MR) is 62.6 cm³/mol. The van der Waals surface area contributed by atoms with E-state index >= 15 is 0 Å². The minimum Gasteiger partial charge on any atom is -0.397 e. The van der Waals surface area contributed by atoms with E-state index < -0.39 is 0 Å².